The van der Waals surface area contributed by atoms with Crippen LogP contribution in [-0.4, -0.2) is 23.3 Å². The second-order valence-electron chi connectivity index (χ2n) is 6.10. The van der Waals surface area contributed by atoms with Gasteiger partial charge >= 0.3 is 0 Å². The number of aliphatic imine (C=N–C) groups is 1. The number of isothiocyanates is 1. The van der Waals surface area contributed by atoms with Crippen molar-refractivity contribution in [1.29, 1.82) is 0 Å². The minimum Gasteiger partial charge on any atom is -1.00 e. The van der Waals surface area contributed by atoms with Gasteiger partial charge < -0.3 is 26.1 Å². The number of rotatable bonds is 5. The van der Waals surface area contributed by atoms with Crippen molar-refractivity contribution >= 4 is 17.4 Å². The highest BCUT2D eigenvalue weighted by atomic mass is 79.9. The SMILES string of the molecule is S=C=NCC[n+]1ccc(-c2cnc(-c3ccc4c(c3)CCCO4)o2)cc1.[Br-]. The van der Waals surface area contributed by atoms with Crippen molar-refractivity contribution in [3.8, 4) is 28.5 Å². The van der Waals surface area contributed by atoms with Gasteiger partial charge in [0.2, 0.25) is 5.89 Å². The summed E-state index contributed by atoms with van der Waals surface area (Å²) in [5, 5.41) is 2.38. The summed E-state index contributed by atoms with van der Waals surface area (Å²) in [6, 6.07) is 10.1. The zero-order chi connectivity index (χ0) is 17.8. The molecule has 0 amide bonds. The fourth-order valence-corrected chi connectivity index (χ4v) is 3.11. The van der Waals surface area contributed by atoms with Gasteiger partial charge in [-0.05, 0) is 48.8 Å². The Morgan fingerprint density at radius 2 is 2.04 bits per heavy atom. The van der Waals surface area contributed by atoms with Crippen molar-refractivity contribution in [2.75, 3.05) is 13.2 Å². The number of aromatic nitrogens is 2. The number of halogens is 1. The maximum atomic E-state index is 5.98. The fourth-order valence-electron chi connectivity index (χ4n) is 3.02. The van der Waals surface area contributed by atoms with Crippen molar-refractivity contribution in [2.45, 2.75) is 19.4 Å². The highest BCUT2D eigenvalue weighted by molar-refractivity contribution is 7.78. The molecule has 0 N–H and O–H groups in total. The molecule has 0 atom stereocenters. The Hall–Kier alpha value is -2.34. The maximum Gasteiger partial charge on any atom is 0.226 e. The summed E-state index contributed by atoms with van der Waals surface area (Å²) in [4.78, 5) is 8.37. The molecule has 1 aliphatic heterocycles. The van der Waals surface area contributed by atoms with E-state index < -0.39 is 0 Å². The van der Waals surface area contributed by atoms with Crippen LogP contribution in [0.5, 0.6) is 5.75 Å². The molecule has 2 aromatic heterocycles. The smallest absolute Gasteiger partial charge is 0.226 e. The first-order valence-electron chi connectivity index (χ1n) is 8.58. The summed E-state index contributed by atoms with van der Waals surface area (Å²) in [6.45, 7) is 2.19. The van der Waals surface area contributed by atoms with E-state index in [-0.39, 0.29) is 17.0 Å². The lowest BCUT2D eigenvalue weighted by Gasteiger charge is -2.17. The molecule has 3 aromatic rings. The second kappa shape index (κ2) is 9.04. The number of fused-ring (bicyclic) bond motifs is 1. The van der Waals surface area contributed by atoms with Gasteiger partial charge in [-0.25, -0.2) is 14.5 Å². The Morgan fingerprint density at radius 3 is 2.85 bits per heavy atom. The van der Waals surface area contributed by atoms with E-state index in [1.165, 1.54) is 5.56 Å². The van der Waals surface area contributed by atoms with E-state index in [1.807, 2.05) is 41.2 Å². The predicted octanol–water partition coefficient (Wildman–Crippen LogP) is 0.728. The molecule has 27 heavy (non-hydrogen) atoms. The van der Waals surface area contributed by atoms with Crippen LogP contribution in [0.1, 0.15) is 12.0 Å². The molecule has 4 rings (SSSR count). The average molecular weight is 444 g/mol. The molecule has 0 saturated heterocycles. The second-order valence-corrected chi connectivity index (χ2v) is 6.28. The zero-order valence-electron chi connectivity index (χ0n) is 14.6. The summed E-state index contributed by atoms with van der Waals surface area (Å²) in [5.74, 6) is 2.34. The van der Waals surface area contributed by atoms with E-state index in [1.54, 1.807) is 6.20 Å². The number of aryl methyl sites for hydroxylation is 1. The summed E-state index contributed by atoms with van der Waals surface area (Å²) in [7, 11) is 0. The Bertz CT molecular complexity index is 966. The minimum atomic E-state index is 0. The van der Waals surface area contributed by atoms with Crippen molar-refractivity contribution < 1.29 is 30.7 Å². The predicted molar refractivity (Wildman–Crippen MR) is 101 cm³/mol. The van der Waals surface area contributed by atoms with Gasteiger partial charge in [0.05, 0.1) is 18.0 Å². The number of hydrogen-bond acceptors (Lipinski definition) is 5. The third-order valence-corrected chi connectivity index (χ3v) is 4.50. The fraction of sp³-hybridized carbons (Fsp3) is 0.250. The van der Waals surface area contributed by atoms with Crippen LogP contribution in [0, 0.1) is 0 Å². The maximum absolute atomic E-state index is 5.98. The molecule has 0 unspecified atom stereocenters. The lowest BCUT2D eigenvalue weighted by molar-refractivity contribution is -0.694. The van der Waals surface area contributed by atoms with Gasteiger partial charge in [0.25, 0.3) is 0 Å². The van der Waals surface area contributed by atoms with E-state index in [2.05, 4.69) is 33.4 Å². The molecule has 1 aliphatic rings. The van der Waals surface area contributed by atoms with Crippen LogP contribution in [-0.2, 0) is 13.0 Å². The Kier molecular flexibility index (Phi) is 6.50. The molecular weight excluding hydrogens is 426 g/mol. The third-order valence-electron chi connectivity index (χ3n) is 4.37. The van der Waals surface area contributed by atoms with E-state index in [0.29, 0.717) is 12.4 Å². The van der Waals surface area contributed by atoms with Gasteiger partial charge in [0.15, 0.2) is 24.7 Å². The van der Waals surface area contributed by atoms with Crippen LogP contribution < -0.4 is 26.3 Å². The van der Waals surface area contributed by atoms with Crippen LogP contribution in [0.25, 0.3) is 22.8 Å². The molecule has 0 bridgehead atoms. The van der Waals surface area contributed by atoms with Gasteiger partial charge in [0, 0.05) is 23.3 Å². The van der Waals surface area contributed by atoms with E-state index >= 15 is 0 Å². The first-order valence-corrected chi connectivity index (χ1v) is 8.99. The zero-order valence-corrected chi connectivity index (χ0v) is 17.0. The Labute approximate surface area is 173 Å². The number of hydrogen-bond donors (Lipinski definition) is 0. The number of pyridine rings is 1. The van der Waals surface area contributed by atoms with Gasteiger partial charge in [-0.15, -0.1) is 0 Å². The van der Waals surface area contributed by atoms with Crippen molar-refractivity contribution in [3.05, 3.63) is 54.5 Å². The molecular formula is C20H18BrN3O2S. The minimum absolute atomic E-state index is 0. The molecule has 0 saturated carbocycles. The summed E-state index contributed by atoms with van der Waals surface area (Å²) < 4.78 is 13.7. The summed E-state index contributed by atoms with van der Waals surface area (Å²) >= 11 is 4.58. The number of ether oxygens (including phenoxy) is 1. The first-order chi connectivity index (χ1) is 12.8. The van der Waals surface area contributed by atoms with Gasteiger partial charge in [-0.3, -0.25) is 0 Å². The molecule has 0 spiro atoms. The Balaban J connectivity index is 0.00000210. The molecule has 5 nitrogen and oxygen atoms in total. The van der Waals surface area contributed by atoms with E-state index in [4.69, 9.17) is 9.15 Å². The molecule has 0 aliphatic carbocycles. The monoisotopic (exact) mass is 443 g/mol. The van der Waals surface area contributed by atoms with Crippen molar-refractivity contribution in [1.82, 2.24) is 4.98 Å². The van der Waals surface area contributed by atoms with Gasteiger partial charge in [-0.1, -0.05) is 0 Å². The highest BCUT2D eigenvalue weighted by Crippen LogP contribution is 2.31. The number of nitrogens with zero attached hydrogens (tertiary/aromatic N) is 3. The molecule has 138 valence electrons. The molecule has 7 heteroatoms. The largest absolute Gasteiger partial charge is 1.00 e. The van der Waals surface area contributed by atoms with Crippen LogP contribution >= 0.6 is 12.2 Å². The lowest BCUT2D eigenvalue weighted by Crippen LogP contribution is -3.00. The van der Waals surface area contributed by atoms with Crippen molar-refractivity contribution in [3.63, 3.8) is 0 Å². The molecule has 3 heterocycles. The lowest BCUT2D eigenvalue weighted by atomic mass is 10.0. The summed E-state index contributed by atoms with van der Waals surface area (Å²) in [6.07, 6.45) is 7.83. The van der Waals surface area contributed by atoms with Crippen LogP contribution in [0.3, 0.4) is 0 Å². The standard InChI is InChI=1S/C20H18N3O2S.BrH/c26-14-21-7-10-23-8-5-15(6-9-23)19-13-22-20(25-19)17-3-4-18-16(12-17)2-1-11-24-18;/h3-6,8-9,12-13H,1-2,7,10-11H2;1H/q+1;/p-1. The number of benzene rings is 1. The van der Waals surface area contributed by atoms with Crippen molar-refractivity contribution in [2.24, 2.45) is 4.99 Å². The first kappa shape index (κ1) is 19.4. The van der Waals surface area contributed by atoms with Crippen LogP contribution in [0.2, 0.25) is 0 Å². The Morgan fingerprint density at radius 1 is 1.19 bits per heavy atom. The van der Waals surface area contributed by atoms with Gasteiger partial charge in [-0.2, -0.15) is 0 Å². The quantitative estimate of drug-likeness (QED) is 0.331. The van der Waals surface area contributed by atoms with Crippen LogP contribution in [0.15, 0.2) is 58.3 Å². The van der Waals surface area contributed by atoms with Crippen LogP contribution in [0.4, 0.5) is 0 Å². The average Bonchev–Trinajstić information content (AvgIpc) is 3.19. The topological polar surface area (TPSA) is 51.5 Å². The molecule has 0 fully saturated rings. The number of thiocarbonyl (C=S) groups is 1. The van der Waals surface area contributed by atoms with E-state index in [0.717, 1.165) is 48.6 Å². The molecule has 1 aromatic carbocycles. The highest BCUT2D eigenvalue weighted by Gasteiger charge is 2.14. The normalized spacial score (nSPS) is 12.3. The molecule has 0 radical (unpaired) electrons. The van der Waals surface area contributed by atoms with E-state index in [9.17, 15) is 0 Å². The summed E-state index contributed by atoms with van der Waals surface area (Å²) in [5.41, 5.74) is 3.18. The third kappa shape index (κ3) is 4.50. The van der Waals surface area contributed by atoms with Gasteiger partial charge in [0.1, 0.15) is 12.3 Å². The number of oxazole rings is 1.